The van der Waals surface area contributed by atoms with E-state index in [2.05, 4.69) is 42.1 Å². The molecule has 8 nitrogen and oxygen atoms in total. The van der Waals surface area contributed by atoms with Gasteiger partial charge in [-0.05, 0) is 66.1 Å². The highest BCUT2D eigenvalue weighted by Gasteiger charge is 2.15. The Labute approximate surface area is 186 Å². The molecule has 2 amide bonds. The van der Waals surface area contributed by atoms with E-state index in [1.54, 1.807) is 4.68 Å². The van der Waals surface area contributed by atoms with Crippen molar-refractivity contribution in [1.29, 1.82) is 0 Å². The highest BCUT2D eigenvalue weighted by molar-refractivity contribution is 9.10. The Balaban J connectivity index is 1.53. The van der Waals surface area contributed by atoms with Crippen molar-refractivity contribution in [3.63, 3.8) is 0 Å². The van der Waals surface area contributed by atoms with E-state index in [1.165, 1.54) is 11.8 Å². The molecule has 0 fully saturated rings. The molecule has 0 aliphatic carbocycles. The molecule has 3 aromatic rings. The van der Waals surface area contributed by atoms with E-state index < -0.39 is 0 Å². The SMILES string of the molecule is Cc1cc(Br)ccc1NC(=O)CNC(=O)CSc1nnnn1-c1c(C)cccc1C. The van der Waals surface area contributed by atoms with Crippen LogP contribution < -0.4 is 10.6 Å². The fourth-order valence-electron chi connectivity index (χ4n) is 2.87. The van der Waals surface area contributed by atoms with Gasteiger partial charge in [-0.15, -0.1) is 5.10 Å². The van der Waals surface area contributed by atoms with E-state index in [-0.39, 0.29) is 24.1 Å². The van der Waals surface area contributed by atoms with Crippen molar-refractivity contribution in [2.24, 2.45) is 0 Å². The van der Waals surface area contributed by atoms with Crippen molar-refractivity contribution in [3.05, 3.63) is 57.6 Å². The lowest BCUT2D eigenvalue weighted by Gasteiger charge is -2.11. The van der Waals surface area contributed by atoms with Crippen LogP contribution in [0.3, 0.4) is 0 Å². The summed E-state index contributed by atoms with van der Waals surface area (Å²) < 4.78 is 2.57. The normalized spacial score (nSPS) is 10.7. The maximum absolute atomic E-state index is 12.2. The molecule has 0 aliphatic rings. The number of aromatic nitrogens is 4. The largest absolute Gasteiger partial charge is 0.346 e. The zero-order valence-corrected chi connectivity index (χ0v) is 19.2. The summed E-state index contributed by atoms with van der Waals surface area (Å²) >= 11 is 4.60. The molecular formula is C20H21BrN6O2S. The van der Waals surface area contributed by atoms with Crippen molar-refractivity contribution in [1.82, 2.24) is 25.5 Å². The highest BCUT2D eigenvalue weighted by atomic mass is 79.9. The second-order valence-electron chi connectivity index (χ2n) is 6.69. The number of thioether (sulfide) groups is 1. The third-order valence-corrected chi connectivity index (χ3v) is 5.75. The first-order valence-electron chi connectivity index (χ1n) is 9.15. The first-order chi connectivity index (χ1) is 14.3. The lowest BCUT2D eigenvalue weighted by atomic mass is 10.1. The summed E-state index contributed by atoms with van der Waals surface area (Å²) in [6, 6.07) is 11.5. The number of halogens is 1. The predicted octanol–water partition coefficient (Wildman–Crippen LogP) is 3.20. The Morgan fingerprint density at radius 3 is 2.50 bits per heavy atom. The van der Waals surface area contributed by atoms with Gasteiger partial charge >= 0.3 is 0 Å². The van der Waals surface area contributed by atoms with Crippen molar-refractivity contribution >= 4 is 45.2 Å². The smallest absolute Gasteiger partial charge is 0.243 e. The molecule has 0 spiro atoms. The second-order valence-corrected chi connectivity index (χ2v) is 8.54. The average molecular weight is 489 g/mol. The summed E-state index contributed by atoms with van der Waals surface area (Å²) in [7, 11) is 0. The highest BCUT2D eigenvalue weighted by Crippen LogP contribution is 2.23. The zero-order chi connectivity index (χ0) is 21.7. The van der Waals surface area contributed by atoms with E-state index >= 15 is 0 Å². The van der Waals surface area contributed by atoms with E-state index in [9.17, 15) is 9.59 Å². The summed E-state index contributed by atoms with van der Waals surface area (Å²) in [5, 5.41) is 17.7. The van der Waals surface area contributed by atoms with Crippen molar-refractivity contribution in [3.8, 4) is 5.69 Å². The van der Waals surface area contributed by atoms with Crippen LogP contribution >= 0.6 is 27.7 Å². The van der Waals surface area contributed by atoms with Crippen LogP contribution in [-0.4, -0.2) is 44.3 Å². The quantitative estimate of drug-likeness (QED) is 0.495. The number of carbonyl (C=O) groups excluding carboxylic acids is 2. The Hall–Kier alpha value is -2.72. The van der Waals surface area contributed by atoms with Gasteiger partial charge in [-0.2, -0.15) is 4.68 Å². The first kappa shape index (κ1) is 22.0. The topological polar surface area (TPSA) is 102 Å². The van der Waals surface area contributed by atoms with Gasteiger partial charge in [0.25, 0.3) is 0 Å². The van der Waals surface area contributed by atoms with Crippen LogP contribution in [0.15, 0.2) is 46.0 Å². The second kappa shape index (κ2) is 9.86. The maximum atomic E-state index is 12.2. The van der Waals surface area contributed by atoms with Crippen LogP contribution in [0.25, 0.3) is 5.69 Å². The zero-order valence-electron chi connectivity index (χ0n) is 16.8. The van der Waals surface area contributed by atoms with Gasteiger partial charge in [0.15, 0.2) is 0 Å². The number of rotatable bonds is 7. The van der Waals surface area contributed by atoms with Crippen molar-refractivity contribution in [2.45, 2.75) is 25.9 Å². The number of benzene rings is 2. The third kappa shape index (κ3) is 5.45. The van der Waals surface area contributed by atoms with E-state index in [0.717, 1.165) is 26.9 Å². The van der Waals surface area contributed by atoms with Crippen LogP contribution in [0.4, 0.5) is 5.69 Å². The van der Waals surface area contributed by atoms with Gasteiger partial charge in [0, 0.05) is 10.2 Å². The minimum atomic E-state index is -0.292. The number of amides is 2. The lowest BCUT2D eigenvalue weighted by molar-refractivity contribution is -0.122. The van der Waals surface area contributed by atoms with E-state index in [4.69, 9.17) is 0 Å². The molecule has 0 saturated carbocycles. The van der Waals surface area contributed by atoms with E-state index in [1.807, 2.05) is 57.2 Å². The van der Waals surface area contributed by atoms with Gasteiger partial charge in [-0.3, -0.25) is 9.59 Å². The molecule has 10 heteroatoms. The maximum Gasteiger partial charge on any atom is 0.243 e. The summed E-state index contributed by atoms with van der Waals surface area (Å²) in [5.74, 6) is -0.478. The van der Waals surface area contributed by atoms with Crippen molar-refractivity contribution < 1.29 is 9.59 Å². The summed E-state index contributed by atoms with van der Waals surface area (Å²) in [6.45, 7) is 5.75. The molecule has 3 rings (SSSR count). The fraction of sp³-hybridized carbons (Fsp3) is 0.250. The number of para-hydroxylation sites is 1. The molecule has 2 aromatic carbocycles. The van der Waals surface area contributed by atoms with Crippen LogP contribution in [0, 0.1) is 20.8 Å². The summed E-state index contributed by atoms with van der Waals surface area (Å²) in [4.78, 5) is 24.3. The van der Waals surface area contributed by atoms with Gasteiger partial charge in [-0.1, -0.05) is 45.9 Å². The van der Waals surface area contributed by atoms with Crippen LogP contribution in [0.5, 0.6) is 0 Å². The molecule has 0 atom stereocenters. The molecule has 2 N–H and O–H groups in total. The first-order valence-corrected chi connectivity index (χ1v) is 10.9. The van der Waals surface area contributed by atoms with Gasteiger partial charge in [-0.25, -0.2) is 0 Å². The molecule has 0 bridgehead atoms. The molecule has 156 valence electrons. The lowest BCUT2D eigenvalue weighted by Crippen LogP contribution is -2.34. The van der Waals surface area contributed by atoms with E-state index in [0.29, 0.717) is 10.8 Å². The van der Waals surface area contributed by atoms with Gasteiger partial charge in [0.05, 0.1) is 18.0 Å². The van der Waals surface area contributed by atoms with Gasteiger partial charge in [0.1, 0.15) is 0 Å². The standard InChI is InChI=1S/C20H21BrN6O2S/c1-12-5-4-6-13(2)19(12)27-20(24-25-26-27)30-11-18(29)22-10-17(28)23-16-8-7-15(21)9-14(16)3/h4-9H,10-11H2,1-3H3,(H,22,29)(H,23,28). The Morgan fingerprint density at radius 2 is 1.80 bits per heavy atom. The average Bonchev–Trinajstić information content (AvgIpc) is 3.15. The van der Waals surface area contributed by atoms with Crippen LogP contribution in [-0.2, 0) is 9.59 Å². The van der Waals surface area contributed by atoms with Crippen LogP contribution in [0.1, 0.15) is 16.7 Å². The Bertz CT molecular complexity index is 1060. The monoisotopic (exact) mass is 488 g/mol. The number of nitrogens with one attached hydrogen (secondary N) is 2. The number of tetrazole rings is 1. The third-order valence-electron chi connectivity index (χ3n) is 4.33. The fourth-order valence-corrected chi connectivity index (χ4v) is 4.05. The Morgan fingerprint density at radius 1 is 1.07 bits per heavy atom. The molecular weight excluding hydrogens is 468 g/mol. The van der Waals surface area contributed by atoms with Crippen molar-refractivity contribution in [2.75, 3.05) is 17.6 Å². The summed E-state index contributed by atoms with van der Waals surface area (Å²) in [6.07, 6.45) is 0. The molecule has 1 aromatic heterocycles. The number of aryl methyl sites for hydroxylation is 3. The van der Waals surface area contributed by atoms with Crippen LogP contribution in [0.2, 0.25) is 0 Å². The Kier molecular flexibility index (Phi) is 7.22. The number of carbonyl (C=O) groups is 2. The molecule has 0 aliphatic heterocycles. The molecule has 0 radical (unpaired) electrons. The number of hydrogen-bond donors (Lipinski definition) is 2. The minimum absolute atomic E-state index is 0.0931. The molecule has 0 unspecified atom stereocenters. The summed E-state index contributed by atoms with van der Waals surface area (Å²) in [5.41, 5.74) is 4.61. The molecule has 30 heavy (non-hydrogen) atoms. The number of anilines is 1. The number of nitrogens with zero attached hydrogens (tertiary/aromatic N) is 4. The number of hydrogen-bond acceptors (Lipinski definition) is 6. The molecule has 1 heterocycles. The molecule has 0 saturated heterocycles. The van der Waals surface area contributed by atoms with Gasteiger partial charge in [0.2, 0.25) is 17.0 Å². The minimum Gasteiger partial charge on any atom is -0.346 e. The predicted molar refractivity (Wildman–Crippen MR) is 120 cm³/mol. The van der Waals surface area contributed by atoms with Gasteiger partial charge < -0.3 is 10.6 Å².